The number of hydrogen-bond acceptors (Lipinski definition) is 25. The first-order chi connectivity index (χ1) is 57.1. The lowest BCUT2D eigenvalue weighted by molar-refractivity contribution is -0.121. The lowest BCUT2D eigenvalue weighted by Crippen LogP contribution is -2.33. The lowest BCUT2D eigenvalue weighted by atomic mass is 9.99. The van der Waals surface area contributed by atoms with Crippen molar-refractivity contribution in [1.82, 2.24) is 74.7 Å². The van der Waals surface area contributed by atoms with Crippen LogP contribution in [0.3, 0.4) is 0 Å². The molecule has 8 heterocycles. The van der Waals surface area contributed by atoms with Crippen LogP contribution in [0.15, 0.2) is 103 Å². The summed E-state index contributed by atoms with van der Waals surface area (Å²) in [5.74, 6) is -2.05. The number of carbonyl (C=O) groups excluding carboxylic acids is 9. The molecule has 0 saturated carbocycles. The number of nitrogens with zero attached hydrogens (tertiary/aromatic N) is 10. The van der Waals surface area contributed by atoms with E-state index >= 15 is 0 Å². The number of aryl methyl sites for hydroxylation is 5. The molecule has 11 N–H and O–H groups in total. The first kappa shape index (κ1) is 88.5. The Bertz CT molecular complexity index is 4890. The molecule has 9 aromatic rings. The van der Waals surface area contributed by atoms with Gasteiger partial charge in [-0.1, -0.05) is 23.7 Å². The molecular weight excluding hydrogens is 1570 g/mol. The van der Waals surface area contributed by atoms with E-state index in [1.807, 2.05) is 35.8 Å². The maximum Gasteiger partial charge on any atom is 0.291 e. The van der Waals surface area contributed by atoms with E-state index in [0.29, 0.717) is 134 Å². The van der Waals surface area contributed by atoms with Gasteiger partial charge in [-0.2, -0.15) is 0 Å². The molecule has 630 valence electrons. The highest BCUT2D eigenvalue weighted by Crippen LogP contribution is 2.40. The van der Waals surface area contributed by atoms with E-state index in [-0.39, 0.29) is 116 Å². The van der Waals surface area contributed by atoms with E-state index < -0.39 is 47.4 Å². The number of aromatic nitrogens is 11. The zero-order chi connectivity index (χ0) is 83.7. The van der Waals surface area contributed by atoms with Gasteiger partial charge in [0.15, 0.2) is 23.3 Å². The van der Waals surface area contributed by atoms with Crippen LogP contribution in [0.1, 0.15) is 118 Å². The zero-order valence-corrected chi connectivity index (χ0v) is 67.7. The highest BCUT2D eigenvalue weighted by molar-refractivity contribution is 7.15. The fourth-order valence-corrected chi connectivity index (χ4v) is 12.9. The van der Waals surface area contributed by atoms with Crippen LogP contribution >= 0.6 is 22.9 Å². The van der Waals surface area contributed by atoms with Gasteiger partial charge in [-0.05, 0) is 74.9 Å². The van der Waals surface area contributed by atoms with E-state index in [4.69, 9.17) is 59.2 Å². The number of imidazole rings is 3. The standard InChI is InChI=1S/C77H96ClN21O18S/c1-48-49(2)118-77-66(48)67(51-7-9-52(78)10-8-51)89-57(68-95-94-50(3)99(68)77)43-65(103)86-53-11-13-56(14-12-53)117-40-39-116-38-37-115-36-35-114-34-33-113-32-31-112-30-29-111-28-27-110-26-25-109-24-22-79-62(100)15-18-83-74(106)70-92-60(46-97(70)5)90-63(101)16-19-82-73(105)59-42-55(45-85-59)88-76(108)71-93-61(47-98(71)6)91-64(102)17-20-81-72(104)58-41-54(44-84-58)87-75(107)69-80-21-23-96(69)4/h7-14,21,23,41-42,44-47,57,84-85H,15-20,22,24-40,43H2,1-6H3,(H,79,100)(H,81,104)(H,82,105)(H,83,106)(H,86,103)(H,87,107)(H,88,108)(H,90,101)(H,91,102)/t57-/m0/s1. The number of thiophene rings is 1. The normalized spacial score (nSPS) is 12.2. The first-order valence-corrected chi connectivity index (χ1v) is 39.1. The Hall–Kier alpha value is -11.9. The molecule has 0 aliphatic carbocycles. The van der Waals surface area contributed by atoms with E-state index in [9.17, 15) is 43.2 Å². The molecule has 0 saturated heterocycles. The van der Waals surface area contributed by atoms with Crippen LogP contribution in [-0.2, 0) is 78.2 Å². The van der Waals surface area contributed by atoms with Crippen molar-refractivity contribution >= 4 is 111 Å². The monoisotopic (exact) mass is 1670 g/mol. The molecule has 2 aromatic carbocycles. The molecule has 0 unspecified atom stereocenters. The Morgan fingerprint density at radius 1 is 0.483 bits per heavy atom. The number of benzene rings is 2. The Morgan fingerprint density at radius 2 is 0.958 bits per heavy atom. The largest absolute Gasteiger partial charge is 0.491 e. The van der Waals surface area contributed by atoms with Crippen molar-refractivity contribution in [3.05, 3.63) is 165 Å². The highest BCUT2D eigenvalue weighted by atomic mass is 35.5. The summed E-state index contributed by atoms with van der Waals surface area (Å²) in [6.45, 7) is 12.7. The van der Waals surface area contributed by atoms with E-state index in [2.05, 4.69) is 96.8 Å². The number of amides is 9. The number of nitrogens with one attached hydrogen (secondary N) is 11. The number of carbonyl (C=O) groups is 9. The summed E-state index contributed by atoms with van der Waals surface area (Å²) in [6.07, 6.45) is 8.56. The molecule has 0 bridgehead atoms. The quantitative estimate of drug-likeness (QED) is 0.0219. The number of rotatable bonds is 50. The summed E-state index contributed by atoms with van der Waals surface area (Å²) in [6, 6.07) is 17.0. The van der Waals surface area contributed by atoms with E-state index in [0.717, 1.165) is 38.1 Å². The fraction of sp³-hybridized carbons (Fsp3) is 0.416. The molecule has 118 heavy (non-hydrogen) atoms. The Labute approximate surface area is 687 Å². The second-order valence-corrected chi connectivity index (χ2v) is 28.0. The van der Waals surface area contributed by atoms with Gasteiger partial charge in [0.25, 0.3) is 29.5 Å². The minimum absolute atomic E-state index is 0.00695. The maximum absolute atomic E-state index is 13.6. The number of anilines is 5. The van der Waals surface area contributed by atoms with Gasteiger partial charge in [0.05, 0.1) is 129 Å². The fourth-order valence-electron chi connectivity index (χ4n) is 11.5. The summed E-state index contributed by atoms with van der Waals surface area (Å²) in [7, 11) is 4.78. The van der Waals surface area contributed by atoms with Gasteiger partial charge < -0.3 is 114 Å². The highest BCUT2D eigenvalue weighted by Gasteiger charge is 2.33. The number of hydrogen-bond donors (Lipinski definition) is 11. The molecule has 7 aromatic heterocycles. The van der Waals surface area contributed by atoms with Crippen molar-refractivity contribution in [1.29, 1.82) is 0 Å². The molecule has 9 amide bonds. The average Bonchev–Trinajstić information content (AvgIpc) is 1.59. The average molecular weight is 1670 g/mol. The molecule has 1 aliphatic heterocycles. The third kappa shape index (κ3) is 27.1. The number of aromatic amines is 2. The van der Waals surface area contributed by atoms with Gasteiger partial charge in [0.2, 0.25) is 35.3 Å². The topological polar surface area (TPSA) is 473 Å². The second kappa shape index (κ2) is 45.6. The van der Waals surface area contributed by atoms with Crippen molar-refractivity contribution < 1.29 is 85.8 Å². The predicted molar refractivity (Wildman–Crippen MR) is 433 cm³/mol. The van der Waals surface area contributed by atoms with Crippen LogP contribution in [-0.4, -0.2) is 251 Å². The van der Waals surface area contributed by atoms with Crippen molar-refractivity contribution in [2.45, 2.75) is 52.5 Å². The van der Waals surface area contributed by atoms with Crippen LogP contribution in [0, 0.1) is 20.8 Å². The Kier molecular flexibility index (Phi) is 34.2. The summed E-state index contributed by atoms with van der Waals surface area (Å²) in [5.41, 5.74) is 5.21. The number of ether oxygens (including phenoxy) is 9. The predicted octanol–water partition coefficient (Wildman–Crippen LogP) is 5.15. The number of fused-ring (bicyclic) bond motifs is 3. The molecule has 10 rings (SSSR count). The third-order valence-electron chi connectivity index (χ3n) is 17.5. The van der Waals surface area contributed by atoms with Gasteiger partial charge >= 0.3 is 0 Å². The van der Waals surface area contributed by atoms with Gasteiger partial charge in [0.1, 0.15) is 40.6 Å². The summed E-state index contributed by atoms with van der Waals surface area (Å²) in [5, 5.41) is 34.5. The van der Waals surface area contributed by atoms with Crippen molar-refractivity contribution in [3.8, 4) is 10.8 Å². The number of H-pyrrole nitrogens is 2. The molecule has 0 fully saturated rings. The van der Waals surface area contributed by atoms with Gasteiger partial charge in [-0.15, -0.1) is 21.5 Å². The molecule has 0 spiro atoms. The van der Waals surface area contributed by atoms with Crippen molar-refractivity contribution in [3.63, 3.8) is 0 Å². The zero-order valence-electron chi connectivity index (χ0n) is 66.1. The first-order valence-electron chi connectivity index (χ1n) is 37.9. The minimum Gasteiger partial charge on any atom is -0.491 e. The van der Waals surface area contributed by atoms with Crippen molar-refractivity contribution in [2.24, 2.45) is 26.1 Å². The number of aliphatic imine (C=N–C) groups is 1. The molecule has 41 heteroatoms. The van der Waals surface area contributed by atoms with E-state index in [1.165, 1.54) is 52.3 Å². The second-order valence-electron chi connectivity index (χ2n) is 26.4. The SMILES string of the molecule is Cc1sc2c(c1C)C(c1ccc(Cl)cc1)=N[C@@H](CC(=O)Nc1ccc(OCCOCCOCCOCCOCCOCCOCCOCCOCCNC(=O)CCNC(=O)c3nc(NC(=O)CCNC(=O)c4cc(NC(=O)c5nc(NC(=O)CCNC(=O)c6cc(NC(=O)c7nccn7C)c[nH]6)cn5C)c[nH]4)cn3C)cc1)c1nnc(C)n1-2. The summed E-state index contributed by atoms with van der Waals surface area (Å²) >= 11 is 7.91. The van der Waals surface area contributed by atoms with Crippen molar-refractivity contribution in [2.75, 3.05) is 165 Å². The molecule has 0 radical (unpaired) electrons. The molecular formula is C77H96ClN21O18S. The Morgan fingerprint density at radius 3 is 1.47 bits per heavy atom. The summed E-state index contributed by atoms with van der Waals surface area (Å²) in [4.78, 5) is 140. The van der Waals surface area contributed by atoms with E-state index in [1.54, 1.807) is 67.5 Å². The molecule has 1 atom stereocenters. The van der Waals surface area contributed by atoms with Crippen LogP contribution in [0.25, 0.3) is 5.00 Å². The lowest BCUT2D eigenvalue weighted by Gasteiger charge is -2.13. The third-order valence-corrected chi connectivity index (χ3v) is 19.0. The smallest absolute Gasteiger partial charge is 0.291 e. The van der Waals surface area contributed by atoms with Crippen LogP contribution in [0.5, 0.6) is 5.75 Å². The molecule has 1 aliphatic rings. The maximum atomic E-state index is 13.6. The van der Waals surface area contributed by atoms with Crippen LogP contribution in [0.2, 0.25) is 5.02 Å². The minimum atomic E-state index is -0.653. The van der Waals surface area contributed by atoms with Crippen LogP contribution in [0.4, 0.5) is 28.7 Å². The summed E-state index contributed by atoms with van der Waals surface area (Å²) < 4.78 is 56.8. The molecule has 39 nitrogen and oxygen atoms in total. The number of halogens is 1. The van der Waals surface area contributed by atoms with Crippen LogP contribution < -0.4 is 52.6 Å². The van der Waals surface area contributed by atoms with Gasteiger partial charge in [-0.25, -0.2) is 15.0 Å². The van der Waals surface area contributed by atoms with Gasteiger partial charge in [-0.3, -0.25) is 52.7 Å². The Balaban J connectivity index is 0.460. The van der Waals surface area contributed by atoms with Gasteiger partial charge in [0, 0.05) is 130 Å².